The highest BCUT2D eigenvalue weighted by Gasteiger charge is 2.12. The van der Waals surface area contributed by atoms with Crippen LogP contribution in [0.1, 0.15) is 19.1 Å². The summed E-state index contributed by atoms with van der Waals surface area (Å²) < 4.78 is 10.4. The van der Waals surface area contributed by atoms with Crippen molar-refractivity contribution in [2.45, 2.75) is 13.3 Å². The number of rotatable bonds is 6. The molecule has 7 nitrogen and oxygen atoms in total. The zero-order valence-corrected chi connectivity index (χ0v) is 12.6. The van der Waals surface area contributed by atoms with Crippen LogP contribution in [0.25, 0.3) is 0 Å². The van der Waals surface area contributed by atoms with E-state index in [2.05, 4.69) is 15.8 Å². The van der Waals surface area contributed by atoms with Gasteiger partial charge in [0, 0.05) is 5.69 Å². The number of anilines is 1. The number of benzene rings is 1. The van der Waals surface area contributed by atoms with Crippen LogP contribution in [0.2, 0.25) is 0 Å². The second-order valence-corrected chi connectivity index (χ2v) is 4.54. The second kappa shape index (κ2) is 8.38. The first-order valence-corrected chi connectivity index (χ1v) is 7.10. The summed E-state index contributed by atoms with van der Waals surface area (Å²) in [6, 6.07) is 10.1. The lowest BCUT2D eigenvalue weighted by Crippen LogP contribution is -2.32. The van der Waals surface area contributed by atoms with Crippen molar-refractivity contribution in [2.24, 2.45) is 5.10 Å². The van der Waals surface area contributed by atoms with Gasteiger partial charge in [0.1, 0.15) is 11.5 Å². The fraction of sp³-hybridized carbons (Fsp3) is 0.188. The first-order valence-electron chi connectivity index (χ1n) is 7.10. The molecule has 0 atom stereocenters. The molecule has 1 heterocycles. The predicted octanol–water partition coefficient (Wildman–Crippen LogP) is 2.16. The molecule has 0 fully saturated rings. The van der Waals surface area contributed by atoms with Crippen LogP contribution in [-0.2, 0) is 9.59 Å². The molecule has 0 saturated heterocycles. The van der Waals surface area contributed by atoms with Gasteiger partial charge in [0.05, 0.1) is 19.1 Å². The summed E-state index contributed by atoms with van der Waals surface area (Å²) in [4.78, 5) is 23.3. The largest absolute Gasteiger partial charge is 0.494 e. The summed E-state index contributed by atoms with van der Waals surface area (Å²) in [6.45, 7) is 2.64. The van der Waals surface area contributed by atoms with Gasteiger partial charge in [0.2, 0.25) is 0 Å². The first-order chi connectivity index (χ1) is 11.2. The van der Waals surface area contributed by atoms with Gasteiger partial charge in [-0.1, -0.05) is 6.92 Å². The molecule has 0 bridgehead atoms. The van der Waals surface area contributed by atoms with Crippen molar-refractivity contribution in [3.63, 3.8) is 0 Å². The zero-order chi connectivity index (χ0) is 16.5. The maximum atomic E-state index is 11.7. The molecule has 1 aromatic carbocycles. The smallest absolute Gasteiger partial charge is 0.329 e. The normalized spacial score (nSPS) is 10.5. The van der Waals surface area contributed by atoms with E-state index >= 15 is 0 Å². The SMILES string of the molecule is CCCOc1ccc(NC(=O)C(=O)N/N=C\c2ccco2)cc1. The van der Waals surface area contributed by atoms with Crippen molar-refractivity contribution < 1.29 is 18.7 Å². The first kappa shape index (κ1) is 16.3. The average Bonchev–Trinajstić information content (AvgIpc) is 3.07. The molecule has 0 unspecified atom stereocenters. The van der Waals surface area contributed by atoms with Gasteiger partial charge in [-0.15, -0.1) is 0 Å². The van der Waals surface area contributed by atoms with Crippen molar-refractivity contribution in [2.75, 3.05) is 11.9 Å². The molecule has 23 heavy (non-hydrogen) atoms. The van der Waals surface area contributed by atoms with Crippen LogP contribution < -0.4 is 15.5 Å². The van der Waals surface area contributed by atoms with Crippen LogP contribution in [0, 0.1) is 0 Å². The highest BCUT2D eigenvalue weighted by atomic mass is 16.5. The Balaban J connectivity index is 1.82. The lowest BCUT2D eigenvalue weighted by Gasteiger charge is -2.06. The molecule has 2 amide bonds. The van der Waals surface area contributed by atoms with E-state index in [1.54, 1.807) is 36.4 Å². The maximum absolute atomic E-state index is 11.7. The zero-order valence-electron chi connectivity index (χ0n) is 12.6. The molecule has 0 aliphatic rings. The molecule has 0 radical (unpaired) electrons. The molecule has 2 N–H and O–H groups in total. The molecule has 0 aliphatic heterocycles. The van der Waals surface area contributed by atoms with E-state index in [4.69, 9.17) is 9.15 Å². The van der Waals surface area contributed by atoms with E-state index < -0.39 is 11.8 Å². The van der Waals surface area contributed by atoms with E-state index in [0.717, 1.165) is 6.42 Å². The number of carbonyl (C=O) groups excluding carboxylic acids is 2. The van der Waals surface area contributed by atoms with E-state index in [-0.39, 0.29) is 0 Å². The number of amides is 2. The van der Waals surface area contributed by atoms with E-state index in [1.165, 1.54) is 12.5 Å². The Morgan fingerprint density at radius 2 is 2.00 bits per heavy atom. The molecular weight excluding hydrogens is 298 g/mol. The Hall–Kier alpha value is -3.09. The number of hydrogen-bond donors (Lipinski definition) is 2. The molecule has 1 aromatic heterocycles. The third-order valence-electron chi connectivity index (χ3n) is 2.69. The summed E-state index contributed by atoms with van der Waals surface area (Å²) in [5.74, 6) is -0.520. The van der Waals surface area contributed by atoms with Crippen molar-refractivity contribution in [1.82, 2.24) is 5.43 Å². The summed E-state index contributed by atoms with van der Waals surface area (Å²) in [5, 5.41) is 6.09. The minimum atomic E-state index is -0.876. The number of ether oxygens (including phenoxy) is 1. The van der Waals surface area contributed by atoms with Gasteiger partial charge in [-0.3, -0.25) is 9.59 Å². The molecule has 2 rings (SSSR count). The number of hydrazone groups is 1. The summed E-state index contributed by atoms with van der Waals surface area (Å²) in [7, 11) is 0. The molecule has 0 saturated carbocycles. The summed E-state index contributed by atoms with van der Waals surface area (Å²) in [5.41, 5.74) is 2.60. The van der Waals surface area contributed by atoms with Gasteiger partial charge < -0.3 is 14.5 Å². The second-order valence-electron chi connectivity index (χ2n) is 4.54. The Morgan fingerprint density at radius 1 is 1.22 bits per heavy atom. The number of hydrogen-bond acceptors (Lipinski definition) is 5. The van der Waals surface area contributed by atoms with E-state index in [0.29, 0.717) is 23.8 Å². The van der Waals surface area contributed by atoms with Gasteiger partial charge >= 0.3 is 11.8 Å². The topological polar surface area (TPSA) is 92.9 Å². The Kier molecular flexibility index (Phi) is 5.93. The molecule has 2 aromatic rings. The van der Waals surface area contributed by atoms with Gasteiger partial charge in [-0.2, -0.15) is 5.10 Å². The van der Waals surface area contributed by atoms with Gasteiger partial charge in [-0.05, 0) is 42.8 Å². The summed E-state index contributed by atoms with van der Waals surface area (Å²) >= 11 is 0. The van der Waals surface area contributed by atoms with Crippen molar-refractivity contribution in [3.8, 4) is 5.75 Å². The number of carbonyl (C=O) groups is 2. The van der Waals surface area contributed by atoms with Crippen LogP contribution in [0.15, 0.2) is 52.2 Å². The van der Waals surface area contributed by atoms with Gasteiger partial charge in [0.25, 0.3) is 0 Å². The number of nitrogens with one attached hydrogen (secondary N) is 2. The maximum Gasteiger partial charge on any atom is 0.329 e. The predicted molar refractivity (Wildman–Crippen MR) is 85.3 cm³/mol. The minimum Gasteiger partial charge on any atom is -0.494 e. The van der Waals surface area contributed by atoms with Gasteiger partial charge in [0.15, 0.2) is 0 Å². The Bertz CT molecular complexity index is 663. The van der Waals surface area contributed by atoms with E-state index in [1.807, 2.05) is 6.92 Å². The van der Waals surface area contributed by atoms with E-state index in [9.17, 15) is 9.59 Å². The van der Waals surface area contributed by atoms with Crippen molar-refractivity contribution in [1.29, 1.82) is 0 Å². The average molecular weight is 315 g/mol. The third kappa shape index (κ3) is 5.31. The fourth-order valence-corrected chi connectivity index (χ4v) is 1.61. The lowest BCUT2D eigenvalue weighted by molar-refractivity contribution is -0.136. The van der Waals surface area contributed by atoms with Crippen LogP contribution in [0.4, 0.5) is 5.69 Å². The molecular formula is C16H17N3O4. The Labute approximate surface area is 133 Å². The quantitative estimate of drug-likeness (QED) is 0.485. The minimum absolute atomic E-state index is 0.466. The van der Waals surface area contributed by atoms with Crippen molar-refractivity contribution >= 4 is 23.7 Å². The van der Waals surface area contributed by atoms with Crippen molar-refractivity contribution in [3.05, 3.63) is 48.4 Å². The third-order valence-corrected chi connectivity index (χ3v) is 2.69. The van der Waals surface area contributed by atoms with Crippen LogP contribution in [0.5, 0.6) is 5.75 Å². The highest BCUT2D eigenvalue weighted by molar-refractivity contribution is 6.39. The molecule has 7 heteroatoms. The van der Waals surface area contributed by atoms with Crippen LogP contribution in [0.3, 0.4) is 0 Å². The Morgan fingerprint density at radius 3 is 2.65 bits per heavy atom. The lowest BCUT2D eigenvalue weighted by atomic mass is 10.3. The number of nitrogens with zero attached hydrogens (tertiary/aromatic N) is 1. The molecule has 0 aliphatic carbocycles. The molecule has 0 spiro atoms. The highest BCUT2D eigenvalue weighted by Crippen LogP contribution is 2.15. The van der Waals surface area contributed by atoms with Gasteiger partial charge in [-0.25, -0.2) is 5.43 Å². The van der Waals surface area contributed by atoms with Crippen LogP contribution >= 0.6 is 0 Å². The molecule has 120 valence electrons. The fourth-order valence-electron chi connectivity index (χ4n) is 1.61. The number of furan rings is 1. The summed E-state index contributed by atoms with van der Waals surface area (Å²) in [6.07, 6.45) is 3.69. The van der Waals surface area contributed by atoms with Crippen LogP contribution in [-0.4, -0.2) is 24.6 Å². The standard InChI is InChI=1S/C16H17N3O4/c1-2-9-22-13-7-5-12(6-8-13)18-15(20)16(21)19-17-11-14-4-3-10-23-14/h3-8,10-11H,2,9H2,1H3,(H,18,20)(H,19,21)/b17-11-. The monoisotopic (exact) mass is 315 g/mol.